The topological polar surface area (TPSA) is 77.8 Å². The Balaban J connectivity index is 2.30. The van der Waals surface area contributed by atoms with E-state index in [1.54, 1.807) is 0 Å². The summed E-state index contributed by atoms with van der Waals surface area (Å²) >= 11 is 0. The van der Waals surface area contributed by atoms with Crippen molar-refractivity contribution in [3.63, 3.8) is 0 Å². The number of nitrogens with one attached hydrogen (secondary N) is 3. The van der Waals surface area contributed by atoms with Gasteiger partial charge in [0, 0.05) is 17.8 Å². The van der Waals surface area contributed by atoms with Gasteiger partial charge < -0.3 is 10.3 Å². The molecule has 1 aliphatic heterocycles. The smallest absolute Gasteiger partial charge is 0.310 e. The molecule has 0 amide bonds. The molecule has 1 atom stereocenters. The number of hydrogen-bond donors (Lipinski definition) is 3. The third-order valence-corrected chi connectivity index (χ3v) is 2.47. The quantitative estimate of drug-likeness (QED) is 0.584. The summed E-state index contributed by atoms with van der Waals surface area (Å²) < 4.78 is 0. The molecule has 0 radical (unpaired) electrons. The van der Waals surface area contributed by atoms with Gasteiger partial charge in [-0.2, -0.15) is 0 Å². The third-order valence-electron chi connectivity index (χ3n) is 2.47. The molecule has 2 rings (SSSR count). The van der Waals surface area contributed by atoms with Gasteiger partial charge in [0.2, 0.25) is 0 Å². The monoisotopic (exact) mass is 195 g/mol. The summed E-state index contributed by atoms with van der Waals surface area (Å²) in [4.78, 5) is 26.9. The van der Waals surface area contributed by atoms with Crippen LogP contribution in [0.2, 0.25) is 0 Å². The van der Waals surface area contributed by atoms with Crippen LogP contribution in [0.5, 0.6) is 0 Å². The molecule has 5 nitrogen and oxygen atoms in total. The molecule has 1 unspecified atom stereocenters. The predicted molar refractivity (Wildman–Crippen MR) is 52.3 cm³/mol. The lowest BCUT2D eigenvalue weighted by molar-refractivity contribution is 0.404. The zero-order valence-corrected chi connectivity index (χ0v) is 7.80. The second kappa shape index (κ2) is 3.79. The Morgan fingerprint density at radius 2 is 2.07 bits per heavy atom. The molecule has 14 heavy (non-hydrogen) atoms. The molecule has 1 saturated heterocycles. The molecule has 0 saturated carbocycles. The maximum absolute atomic E-state index is 11.1. The minimum Gasteiger partial charge on any atom is -0.310 e. The van der Waals surface area contributed by atoms with Gasteiger partial charge in [0.05, 0.1) is 0 Å². The zero-order chi connectivity index (χ0) is 9.97. The SMILES string of the molecule is O=c1cc(C2CCCCN2)[nH]c(=O)[nH]1. The summed E-state index contributed by atoms with van der Waals surface area (Å²) in [5.74, 6) is 0. The average Bonchev–Trinajstić information content (AvgIpc) is 2.18. The number of aromatic nitrogens is 2. The molecule has 0 bridgehead atoms. The summed E-state index contributed by atoms with van der Waals surface area (Å²) in [6.07, 6.45) is 3.26. The minimum absolute atomic E-state index is 0.124. The first-order valence-corrected chi connectivity index (χ1v) is 4.82. The van der Waals surface area contributed by atoms with Crippen LogP contribution in [-0.4, -0.2) is 16.5 Å². The van der Waals surface area contributed by atoms with Crippen molar-refractivity contribution in [2.45, 2.75) is 25.3 Å². The molecular weight excluding hydrogens is 182 g/mol. The van der Waals surface area contributed by atoms with Crippen molar-refractivity contribution in [3.8, 4) is 0 Å². The Labute approximate surface area is 80.6 Å². The molecule has 5 heteroatoms. The molecule has 3 N–H and O–H groups in total. The fourth-order valence-corrected chi connectivity index (χ4v) is 1.79. The number of aromatic amines is 2. The van der Waals surface area contributed by atoms with Crippen LogP contribution in [0.15, 0.2) is 15.7 Å². The van der Waals surface area contributed by atoms with Crippen molar-refractivity contribution in [1.29, 1.82) is 0 Å². The minimum atomic E-state index is -0.431. The highest BCUT2D eigenvalue weighted by Gasteiger charge is 2.15. The number of rotatable bonds is 1. The Hall–Kier alpha value is -1.36. The largest absolute Gasteiger partial charge is 0.325 e. The summed E-state index contributed by atoms with van der Waals surface area (Å²) in [6.45, 7) is 0.944. The lowest BCUT2D eigenvalue weighted by Gasteiger charge is -2.22. The van der Waals surface area contributed by atoms with Crippen molar-refractivity contribution in [3.05, 3.63) is 32.6 Å². The predicted octanol–water partition coefficient (Wildman–Crippen LogP) is -0.122. The Kier molecular flexibility index (Phi) is 2.49. The fourth-order valence-electron chi connectivity index (χ4n) is 1.79. The molecule has 1 aromatic rings. The van der Waals surface area contributed by atoms with Gasteiger partial charge in [0.15, 0.2) is 0 Å². The summed E-state index contributed by atoms with van der Waals surface area (Å²) in [7, 11) is 0. The third kappa shape index (κ3) is 1.93. The van der Waals surface area contributed by atoms with Gasteiger partial charge in [-0.1, -0.05) is 6.42 Å². The van der Waals surface area contributed by atoms with E-state index in [-0.39, 0.29) is 11.6 Å². The maximum Gasteiger partial charge on any atom is 0.325 e. The van der Waals surface area contributed by atoms with Crippen LogP contribution in [0, 0.1) is 0 Å². The first-order valence-electron chi connectivity index (χ1n) is 4.82. The standard InChI is InChI=1S/C9H13N3O2/c13-8-5-7(11-9(14)12-8)6-3-1-2-4-10-6/h5-6,10H,1-4H2,(H2,11,12,13,14). The maximum atomic E-state index is 11.1. The van der Waals surface area contributed by atoms with E-state index in [2.05, 4.69) is 15.3 Å². The van der Waals surface area contributed by atoms with Gasteiger partial charge in [-0.3, -0.25) is 9.78 Å². The summed E-state index contributed by atoms with van der Waals surface area (Å²) in [6, 6.07) is 1.57. The average molecular weight is 195 g/mol. The highest BCUT2D eigenvalue weighted by molar-refractivity contribution is 5.05. The molecule has 0 spiro atoms. The van der Waals surface area contributed by atoms with Crippen LogP contribution in [0.4, 0.5) is 0 Å². The van der Waals surface area contributed by atoms with Crippen LogP contribution in [0.1, 0.15) is 31.0 Å². The van der Waals surface area contributed by atoms with E-state index in [9.17, 15) is 9.59 Å². The van der Waals surface area contributed by atoms with E-state index in [0.717, 1.165) is 25.8 Å². The van der Waals surface area contributed by atoms with Crippen LogP contribution < -0.4 is 16.6 Å². The molecule has 0 aromatic carbocycles. The van der Waals surface area contributed by atoms with E-state index >= 15 is 0 Å². The van der Waals surface area contributed by atoms with Crippen LogP contribution in [0.25, 0.3) is 0 Å². The second-order valence-electron chi connectivity index (χ2n) is 3.55. The molecule has 0 aliphatic carbocycles. The Bertz CT molecular complexity index is 386. The lowest BCUT2D eigenvalue weighted by atomic mass is 10.0. The zero-order valence-electron chi connectivity index (χ0n) is 7.80. The number of piperidine rings is 1. The Morgan fingerprint density at radius 1 is 1.21 bits per heavy atom. The van der Waals surface area contributed by atoms with E-state index in [1.807, 2.05) is 0 Å². The number of H-pyrrole nitrogens is 2. The lowest BCUT2D eigenvalue weighted by Crippen LogP contribution is -2.32. The highest BCUT2D eigenvalue weighted by Crippen LogP contribution is 2.18. The molecule has 1 aliphatic rings. The van der Waals surface area contributed by atoms with E-state index in [1.165, 1.54) is 6.07 Å². The Morgan fingerprint density at radius 3 is 2.71 bits per heavy atom. The van der Waals surface area contributed by atoms with E-state index < -0.39 is 5.69 Å². The molecule has 1 fully saturated rings. The summed E-state index contributed by atoms with van der Waals surface area (Å²) in [5.41, 5.74) is -0.0746. The van der Waals surface area contributed by atoms with Gasteiger partial charge >= 0.3 is 5.69 Å². The second-order valence-corrected chi connectivity index (χ2v) is 3.55. The van der Waals surface area contributed by atoms with Crippen molar-refractivity contribution >= 4 is 0 Å². The molecule has 76 valence electrons. The van der Waals surface area contributed by atoms with Crippen LogP contribution in [-0.2, 0) is 0 Å². The van der Waals surface area contributed by atoms with Gasteiger partial charge in [-0.25, -0.2) is 4.79 Å². The number of hydrogen-bond acceptors (Lipinski definition) is 3. The van der Waals surface area contributed by atoms with Crippen LogP contribution in [0.3, 0.4) is 0 Å². The van der Waals surface area contributed by atoms with Crippen LogP contribution >= 0.6 is 0 Å². The van der Waals surface area contributed by atoms with Gasteiger partial charge in [-0.15, -0.1) is 0 Å². The van der Waals surface area contributed by atoms with Gasteiger partial charge in [0.25, 0.3) is 5.56 Å². The van der Waals surface area contributed by atoms with Crippen molar-refractivity contribution in [2.24, 2.45) is 0 Å². The van der Waals surface area contributed by atoms with Crippen molar-refractivity contribution in [2.75, 3.05) is 6.54 Å². The van der Waals surface area contributed by atoms with Gasteiger partial charge in [-0.05, 0) is 19.4 Å². The molecule has 1 aromatic heterocycles. The fraction of sp³-hybridized carbons (Fsp3) is 0.556. The normalized spacial score (nSPS) is 22.1. The van der Waals surface area contributed by atoms with Crippen molar-refractivity contribution < 1.29 is 0 Å². The first kappa shape index (κ1) is 9.21. The first-order chi connectivity index (χ1) is 6.75. The molecule has 2 heterocycles. The van der Waals surface area contributed by atoms with E-state index in [0.29, 0.717) is 5.69 Å². The van der Waals surface area contributed by atoms with Crippen molar-refractivity contribution in [1.82, 2.24) is 15.3 Å². The van der Waals surface area contributed by atoms with E-state index in [4.69, 9.17) is 0 Å². The van der Waals surface area contributed by atoms with Gasteiger partial charge in [0.1, 0.15) is 0 Å². The highest BCUT2D eigenvalue weighted by atomic mass is 16.2. The molecular formula is C9H13N3O2. The summed E-state index contributed by atoms with van der Waals surface area (Å²) in [5, 5.41) is 3.27.